The van der Waals surface area contributed by atoms with E-state index in [0.29, 0.717) is 18.1 Å². The fourth-order valence-electron chi connectivity index (χ4n) is 1.99. The van der Waals surface area contributed by atoms with Crippen molar-refractivity contribution in [1.29, 1.82) is 0 Å². The van der Waals surface area contributed by atoms with Crippen LogP contribution in [0.15, 0.2) is 23.1 Å². The molecule has 0 spiro atoms. The lowest BCUT2D eigenvalue weighted by Crippen LogP contribution is -3.12. The number of benzene rings is 1. The third-order valence-corrected chi connectivity index (χ3v) is 5.66. The van der Waals surface area contributed by atoms with Crippen molar-refractivity contribution in [2.24, 2.45) is 0 Å². The summed E-state index contributed by atoms with van der Waals surface area (Å²) in [5.74, 6) is 0. The predicted octanol–water partition coefficient (Wildman–Crippen LogP) is 0.167. The highest BCUT2D eigenvalue weighted by atomic mass is 35.5. The van der Waals surface area contributed by atoms with E-state index in [9.17, 15) is 8.42 Å². The maximum Gasteiger partial charge on any atom is 0.243 e. The summed E-state index contributed by atoms with van der Waals surface area (Å²) in [6.45, 7) is 4.69. The second-order valence-corrected chi connectivity index (χ2v) is 7.12. The topological polar surface area (TPSA) is 41.8 Å². The van der Waals surface area contributed by atoms with E-state index < -0.39 is 10.0 Å². The van der Waals surface area contributed by atoms with Crippen LogP contribution in [0.5, 0.6) is 0 Å². The van der Waals surface area contributed by atoms with Crippen LogP contribution in [0, 0.1) is 6.92 Å². The molecule has 0 amide bonds. The zero-order valence-electron chi connectivity index (χ0n) is 10.6. The Morgan fingerprint density at radius 3 is 2.44 bits per heavy atom. The number of hydrogen-bond donors (Lipinski definition) is 1. The van der Waals surface area contributed by atoms with E-state index in [1.807, 2.05) is 6.92 Å². The molecule has 1 aromatic carbocycles. The molecule has 0 aliphatic carbocycles. The third kappa shape index (κ3) is 2.69. The van der Waals surface area contributed by atoms with Crippen molar-refractivity contribution in [3.05, 3.63) is 28.8 Å². The fraction of sp³-hybridized carbons (Fsp3) is 0.500. The first kappa shape index (κ1) is 13.8. The summed E-state index contributed by atoms with van der Waals surface area (Å²) in [5.41, 5.74) is 0.887. The van der Waals surface area contributed by atoms with Gasteiger partial charge in [0.05, 0.1) is 38.1 Å². The van der Waals surface area contributed by atoms with Gasteiger partial charge in [0, 0.05) is 5.02 Å². The summed E-state index contributed by atoms with van der Waals surface area (Å²) in [7, 11) is -1.31. The normalized spacial score (nSPS) is 19.1. The molecule has 1 aromatic rings. The molecule has 4 nitrogen and oxygen atoms in total. The zero-order valence-corrected chi connectivity index (χ0v) is 12.2. The molecule has 1 fully saturated rings. The van der Waals surface area contributed by atoms with E-state index >= 15 is 0 Å². The summed E-state index contributed by atoms with van der Waals surface area (Å²) in [6.07, 6.45) is 0. The van der Waals surface area contributed by atoms with Gasteiger partial charge in [0.1, 0.15) is 0 Å². The van der Waals surface area contributed by atoms with Gasteiger partial charge in [-0.15, -0.1) is 0 Å². The summed E-state index contributed by atoms with van der Waals surface area (Å²) < 4.78 is 26.4. The molecule has 0 bridgehead atoms. The van der Waals surface area contributed by atoms with Crippen molar-refractivity contribution in [1.82, 2.24) is 4.31 Å². The molecule has 0 atom stereocenters. The zero-order chi connectivity index (χ0) is 13.3. The number of nitrogens with one attached hydrogen (secondary N) is 1. The summed E-state index contributed by atoms with van der Waals surface area (Å²) in [6, 6.07) is 4.91. The van der Waals surface area contributed by atoms with Crippen molar-refractivity contribution in [3.63, 3.8) is 0 Å². The Morgan fingerprint density at radius 2 is 1.89 bits per heavy atom. The van der Waals surface area contributed by atoms with Crippen molar-refractivity contribution >= 4 is 21.6 Å². The number of rotatable bonds is 2. The van der Waals surface area contributed by atoms with Gasteiger partial charge in [0.15, 0.2) is 0 Å². The number of halogens is 1. The molecule has 0 unspecified atom stereocenters. The van der Waals surface area contributed by atoms with E-state index in [1.54, 1.807) is 16.4 Å². The van der Waals surface area contributed by atoms with Gasteiger partial charge in [-0.05, 0) is 24.6 Å². The standard InChI is InChI=1S/C12H17ClN2O2S/c1-10-3-4-11(9-12(10)13)18(16,17)15-7-5-14(2)6-8-15/h3-4,9H,5-8H2,1-2H3/p+1. The highest BCUT2D eigenvalue weighted by Gasteiger charge is 2.29. The van der Waals surface area contributed by atoms with Crippen LogP contribution >= 0.6 is 11.6 Å². The molecule has 6 heteroatoms. The second-order valence-electron chi connectivity index (χ2n) is 4.77. The third-order valence-electron chi connectivity index (χ3n) is 3.36. The monoisotopic (exact) mass is 289 g/mol. The molecule has 1 N–H and O–H groups in total. The molecular weight excluding hydrogens is 272 g/mol. The van der Waals surface area contributed by atoms with E-state index in [-0.39, 0.29) is 4.90 Å². The highest BCUT2D eigenvalue weighted by Crippen LogP contribution is 2.22. The lowest BCUT2D eigenvalue weighted by Gasteiger charge is -2.29. The van der Waals surface area contributed by atoms with Crippen LogP contribution in [0.25, 0.3) is 0 Å². The lowest BCUT2D eigenvalue weighted by atomic mass is 10.2. The van der Waals surface area contributed by atoms with Gasteiger partial charge >= 0.3 is 0 Å². The quantitative estimate of drug-likeness (QED) is 0.843. The minimum atomic E-state index is -3.39. The average molecular weight is 290 g/mol. The SMILES string of the molecule is Cc1ccc(S(=O)(=O)N2CC[NH+](C)CC2)cc1Cl. The van der Waals surface area contributed by atoms with E-state index in [4.69, 9.17) is 11.6 Å². The fourth-order valence-corrected chi connectivity index (χ4v) is 3.70. The highest BCUT2D eigenvalue weighted by molar-refractivity contribution is 7.89. The molecule has 1 aliphatic rings. The minimum Gasteiger partial charge on any atom is -0.335 e. The van der Waals surface area contributed by atoms with Crippen molar-refractivity contribution in [2.75, 3.05) is 33.2 Å². The van der Waals surface area contributed by atoms with Crippen LogP contribution in [0.3, 0.4) is 0 Å². The van der Waals surface area contributed by atoms with Gasteiger partial charge in [-0.2, -0.15) is 4.31 Å². The Bertz CT molecular complexity index is 537. The average Bonchev–Trinajstić information content (AvgIpc) is 2.33. The number of quaternary nitrogens is 1. The van der Waals surface area contributed by atoms with E-state index in [2.05, 4.69) is 7.05 Å². The largest absolute Gasteiger partial charge is 0.335 e. The Labute approximate surface area is 113 Å². The van der Waals surface area contributed by atoms with Crippen LogP contribution in [0.1, 0.15) is 5.56 Å². The van der Waals surface area contributed by atoms with Gasteiger partial charge in [0.2, 0.25) is 10.0 Å². The Kier molecular flexibility index (Phi) is 3.96. The van der Waals surface area contributed by atoms with Gasteiger partial charge in [-0.1, -0.05) is 17.7 Å². The van der Waals surface area contributed by atoms with Crippen LogP contribution < -0.4 is 4.90 Å². The number of likely N-dealkylation sites (N-methyl/N-ethyl adjacent to an activating group) is 1. The maximum atomic E-state index is 12.4. The second kappa shape index (κ2) is 5.17. The molecule has 1 aliphatic heterocycles. The first-order valence-electron chi connectivity index (χ1n) is 5.99. The summed E-state index contributed by atoms with van der Waals surface area (Å²) >= 11 is 5.99. The van der Waals surface area contributed by atoms with Crippen LogP contribution in [-0.4, -0.2) is 45.9 Å². The molecule has 18 heavy (non-hydrogen) atoms. The number of hydrogen-bond acceptors (Lipinski definition) is 2. The van der Waals surface area contributed by atoms with Gasteiger partial charge in [-0.25, -0.2) is 8.42 Å². The molecule has 0 aromatic heterocycles. The Balaban J connectivity index is 2.27. The van der Waals surface area contributed by atoms with Crippen molar-refractivity contribution in [3.8, 4) is 0 Å². The first-order valence-corrected chi connectivity index (χ1v) is 7.80. The lowest BCUT2D eigenvalue weighted by molar-refractivity contribution is -0.883. The number of sulfonamides is 1. The van der Waals surface area contributed by atoms with Crippen molar-refractivity contribution < 1.29 is 13.3 Å². The molecule has 100 valence electrons. The maximum absolute atomic E-state index is 12.4. The van der Waals surface area contributed by atoms with Crippen molar-refractivity contribution in [2.45, 2.75) is 11.8 Å². The van der Waals surface area contributed by atoms with Crippen LogP contribution in [0.4, 0.5) is 0 Å². The van der Waals surface area contributed by atoms with Crippen LogP contribution in [0.2, 0.25) is 5.02 Å². The van der Waals surface area contributed by atoms with Gasteiger partial charge in [0.25, 0.3) is 0 Å². The molecular formula is C12H18ClN2O2S+. The number of nitrogens with zero attached hydrogens (tertiary/aromatic N) is 1. The number of aryl methyl sites for hydroxylation is 1. The minimum absolute atomic E-state index is 0.289. The Morgan fingerprint density at radius 1 is 1.28 bits per heavy atom. The first-order chi connectivity index (χ1) is 8.41. The molecule has 0 radical (unpaired) electrons. The van der Waals surface area contributed by atoms with E-state index in [0.717, 1.165) is 18.7 Å². The molecule has 1 heterocycles. The van der Waals surface area contributed by atoms with Gasteiger partial charge in [-0.3, -0.25) is 0 Å². The van der Waals surface area contributed by atoms with Crippen LogP contribution in [-0.2, 0) is 10.0 Å². The summed E-state index contributed by atoms with van der Waals surface area (Å²) in [4.78, 5) is 1.65. The molecule has 0 saturated carbocycles. The van der Waals surface area contributed by atoms with E-state index in [1.165, 1.54) is 11.0 Å². The predicted molar refractivity (Wildman–Crippen MR) is 71.6 cm³/mol. The molecule has 2 rings (SSSR count). The number of piperazine rings is 1. The summed E-state index contributed by atoms with van der Waals surface area (Å²) in [5, 5.41) is 0.496. The smallest absolute Gasteiger partial charge is 0.243 e. The molecule has 1 saturated heterocycles. The van der Waals surface area contributed by atoms with Gasteiger partial charge < -0.3 is 4.90 Å². The Hall–Kier alpha value is -0.620.